The van der Waals surface area contributed by atoms with Crippen LogP contribution in [0.25, 0.3) is 0 Å². The predicted molar refractivity (Wildman–Crippen MR) is 81.1 cm³/mol. The molecule has 1 aromatic heterocycles. The zero-order valence-corrected chi connectivity index (χ0v) is 13.1. The lowest BCUT2D eigenvalue weighted by Crippen LogP contribution is -2.04. The summed E-state index contributed by atoms with van der Waals surface area (Å²) in [6, 6.07) is 4.71. The van der Waals surface area contributed by atoms with E-state index in [2.05, 4.69) is 31.2 Å². The molecule has 0 amide bonds. The Morgan fingerprint density at radius 1 is 1.35 bits per heavy atom. The van der Waals surface area contributed by atoms with Gasteiger partial charge in [-0.1, -0.05) is 27.5 Å². The van der Waals surface area contributed by atoms with Crippen molar-refractivity contribution in [2.45, 2.75) is 25.7 Å². The van der Waals surface area contributed by atoms with Crippen LogP contribution in [0.1, 0.15) is 30.1 Å². The van der Waals surface area contributed by atoms with Crippen molar-refractivity contribution in [2.75, 3.05) is 5.32 Å². The van der Waals surface area contributed by atoms with Gasteiger partial charge in [-0.2, -0.15) is 0 Å². The molecule has 0 radical (unpaired) electrons. The minimum atomic E-state index is -0.338. The van der Waals surface area contributed by atoms with E-state index in [1.54, 1.807) is 12.1 Å². The molecule has 1 aromatic carbocycles. The van der Waals surface area contributed by atoms with Gasteiger partial charge in [-0.25, -0.2) is 14.4 Å². The second-order valence-corrected chi connectivity index (χ2v) is 6.14. The van der Waals surface area contributed by atoms with Crippen molar-refractivity contribution < 1.29 is 4.39 Å². The topological polar surface area (TPSA) is 37.8 Å². The van der Waals surface area contributed by atoms with Gasteiger partial charge < -0.3 is 5.32 Å². The van der Waals surface area contributed by atoms with E-state index in [1.807, 2.05) is 6.92 Å². The number of halogens is 3. The van der Waals surface area contributed by atoms with E-state index in [0.29, 0.717) is 22.6 Å². The largest absolute Gasteiger partial charge is 0.337 e. The van der Waals surface area contributed by atoms with E-state index < -0.39 is 0 Å². The van der Waals surface area contributed by atoms with Gasteiger partial charge in [-0.3, -0.25) is 0 Å². The Balaban J connectivity index is 1.99. The number of rotatable bonds is 3. The van der Waals surface area contributed by atoms with Crippen LogP contribution in [0.4, 0.5) is 15.9 Å². The van der Waals surface area contributed by atoms with Crippen molar-refractivity contribution >= 4 is 39.0 Å². The maximum Gasteiger partial charge on any atom is 0.146 e. The van der Waals surface area contributed by atoms with Crippen molar-refractivity contribution in [3.05, 3.63) is 45.0 Å². The van der Waals surface area contributed by atoms with Crippen LogP contribution in [0.5, 0.6) is 0 Å². The lowest BCUT2D eigenvalue weighted by Gasteiger charge is -2.12. The lowest BCUT2D eigenvalue weighted by molar-refractivity contribution is 0.631. The fourth-order valence-corrected chi connectivity index (χ4v) is 2.41. The third kappa shape index (κ3) is 2.79. The maximum absolute atomic E-state index is 13.8. The van der Waals surface area contributed by atoms with Crippen LogP contribution < -0.4 is 5.32 Å². The summed E-state index contributed by atoms with van der Waals surface area (Å²) in [6.07, 6.45) is 2.17. The van der Waals surface area contributed by atoms with Gasteiger partial charge in [0, 0.05) is 16.0 Å². The standard InChI is InChI=1S/C14H12BrClFN3/c1-7-12(16)19-14(8-2-3-8)20-13(7)18-11-6-9(15)4-5-10(11)17/h4-6,8H,2-3H2,1H3,(H,18,19,20). The number of nitrogens with one attached hydrogen (secondary N) is 1. The molecule has 1 heterocycles. The van der Waals surface area contributed by atoms with Crippen molar-refractivity contribution in [1.29, 1.82) is 0 Å². The van der Waals surface area contributed by atoms with E-state index in [9.17, 15) is 4.39 Å². The number of benzene rings is 1. The van der Waals surface area contributed by atoms with Crippen molar-refractivity contribution in [1.82, 2.24) is 9.97 Å². The fraction of sp³-hybridized carbons (Fsp3) is 0.286. The number of hydrogen-bond acceptors (Lipinski definition) is 3. The van der Waals surface area contributed by atoms with E-state index >= 15 is 0 Å². The van der Waals surface area contributed by atoms with E-state index in [-0.39, 0.29) is 5.82 Å². The summed E-state index contributed by atoms with van der Waals surface area (Å²) in [5.41, 5.74) is 1.08. The van der Waals surface area contributed by atoms with E-state index in [4.69, 9.17) is 11.6 Å². The normalized spacial score (nSPS) is 14.4. The highest BCUT2D eigenvalue weighted by Crippen LogP contribution is 2.39. The molecule has 0 saturated heterocycles. The Hall–Kier alpha value is -1.20. The maximum atomic E-state index is 13.8. The molecule has 0 aliphatic heterocycles. The summed E-state index contributed by atoms with van der Waals surface area (Å²) in [5, 5.41) is 3.42. The fourth-order valence-electron chi connectivity index (χ4n) is 1.87. The zero-order chi connectivity index (χ0) is 14.3. The summed E-state index contributed by atoms with van der Waals surface area (Å²) >= 11 is 9.46. The van der Waals surface area contributed by atoms with Crippen molar-refractivity contribution in [3.8, 4) is 0 Å². The van der Waals surface area contributed by atoms with Crippen LogP contribution in [0, 0.1) is 12.7 Å². The lowest BCUT2D eigenvalue weighted by atomic mass is 10.2. The van der Waals surface area contributed by atoms with Gasteiger partial charge in [-0.05, 0) is 38.0 Å². The zero-order valence-electron chi connectivity index (χ0n) is 10.8. The van der Waals surface area contributed by atoms with Crippen LogP contribution in [-0.4, -0.2) is 9.97 Å². The molecular formula is C14H12BrClFN3. The molecule has 6 heteroatoms. The van der Waals surface area contributed by atoms with Gasteiger partial charge in [0.25, 0.3) is 0 Å². The molecule has 0 spiro atoms. The SMILES string of the molecule is Cc1c(Cl)nc(C2CC2)nc1Nc1cc(Br)ccc1F. The van der Waals surface area contributed by atoms with E-state index in [0.717, 1.165) is 28.7 Å². The molecule has 1 fully saturated rings. The average Bonchev–Trinajstić information content (AvgIpc) is 3.23. The summed E-state index contributed by atoms with van der Waals surface area (Å²) < 4.78 is 14.6. The molecule has 1 N–H and O–H groups in total. The Bertz CT molecular complexity index is 674. The first-order valence-electron chi connectivity index (χ1n) is 6.30. The van der Waals surface area contributed by atoms with Gasteiger partial charge in [0.1, 0.15) is 22.6 Å². The molecule has 0 bridgehead atoms. The molecule has 3 rings (SSSR count). The molecule has 1 aliphatic rings. The first kappa shape index (κ1) is 13.8. The summed E-state index contributed by atoms with van der Waals surface area (Å²) in [7, 11) is 0. The molecule has 2 aromatic rings. The molecule has 1 saturated carbocycles. The molecule has 0 atom stereocenters. The minimum absolute atomic E-state index is 0.338. The number of aromatic nitrogens is 2. The highest BCUT2D eigenvalue weighted by atomic mass is 79.9. The molecule has 0 unspecified atom stereocenters. The Morgan fingerprint density at radius 2 is 2.10 bits per heavy atom. The third-order valence-electron chi connectivity index (χ3n) is 3.23. The molecule has 3 nitrogen and oxygen atoms in total. The van der Waals surface area contributed by atoms with Gasteiger partial charge in [-0.15, -0.1) is 0 Å². The van der Waals surface area contributed by atoms with Gasteiger partial charge in [0.15, 0.2) is 0 Å². The first-order chi connectivity index (χ1) is 9.54. The summed E-state index contributed by atoms with van der Waals surface area (Å²) in [6.45, 7) is 1.82. The second-order valence-electron chi connectivity index (χ2n) is 4.87. The number of hydrogen-bond donors (Lipinski definition) is 1. The molecular weight excluding hydrogens is 345 g/mol. The third-order valence-corrected chi connectivity index (χ3v) is 4.09. The highest BCUT2D eigenvalue weighted by Gasteiger charge is 2.28. The van der Waals surface area contributed by atoms with Crippen LogP contribution in [0.3, 0.4) is 0 Å². The van der Waals surface area contributed by atoms with Gasteiger partial charge >= 0.3 is 0 Å². The van der Waals surface area contributed by atoms with Crippen LogP contribution >= 0.6 is 27.5 Å². The highest BCUT2D eigenvalue weighted by molar-refractivity contribution is 9.10. The number of anilines is 2. The van der Waals surface area contributed by atoms with Crippen molar-refractivity contribution in [2.24, 2.45) is 0 Å². The minimum Gasteiger partial charge on any atom is -0.337 e. The quantitative estimate of drug-likeness (QED) is 0.790. The molecule has 20 heavy (non-hydrogen) atoms. The van der Waals surface area contributed by atoms with Gasteiger partial charge in [0.2, 0.25) is 0 Å². The molecule has 104 valence electrons. The monoisotopic (exact) mass is 355 g/mol. The van der Waals surface area contributed by atoms with Gasteiger partial charge in [0.05, 0.1) is 5.69 Å². The predicted octanol–water partition coefficient (Wildman–Crippen LogP) is 4.96. The van der Waals surface area contributed by atoms with Crippen LogP contribution in [0.15, 0.2) is 22.7 Å². The van der Waals surface area contributed by atoms with E-state index in [1.165, 1.54) is 6.07 Å². The smallest absolute Gasteiger partial charge is 0.146 e. The second kappa shape index (κ2) is 5.30. The van der Waals surface area contributed by atoms with Crippen LogP contribution in [-0.2, 0) is 0 Å². The summed E-state index contributed by atoms with van der Waals surface area (Å²) in [4.78, 5) is 8.76. The van der Waals surface area contributed by atoms with Crippen molar-refractivity contribution in [3.63, 3.8) is 0 Å². The average molecular weight is 357 g/mol. The Kier molecular flexibility index (Phi) is 3.65. The first-order valence-corrected chi connectivity index (χ1v) is 7.48. The molecule has 1 aliphatic carbocycles. The Morgan fingerprint density at radius 3 is 2.80 bits per heavy atom. The summed E-state index contributed by atoms with van der Waals surface area (Å²) in [5.74, 6) is 1.35. The van der Waals surface area contributed by atoms with Crippen LogP contribution in [0.2, 0.25) is 5.15 Å². The Labute approximate surface area is 129 Å². The number of nitrogens with zero attached hydrogens (tertiary/aromatic N) is 2.